The van der Waals surface area contributed by atoms with E-state index >= 15 is 0 Å². The van der Waals surface area contributed by atoms with Gasteiger partial charge in [0, 0.05) is 5.15 Å². The van der Waals surface area contributed by atoms with Crippen molar-refractivity contribution in [3.63, 3.8) is 0 Å². The molecule has 0 saturated carbocycles. The monoisotopic (exact) mass is 136 g/mol. The molecule has 0 rings (SSSR count). The van der Waals surface area contributed by atoms with Gasteiger partial charge in [-0.05, 0) is 9.05 Å². The summed E-state index contributed by atoms with van der Waals surface area (Å²) < 4.78 is 18.2. The number of halogens is 2. The zero-order chi connectivity index (χ0) is 2.71. The van der Waals surface area contributed by atoms with Gasteiger partial charge < -0.3 is 0 Å². The molecule has 1 nitrogen and oxygen atoms in total. The van der Waals surface area contributed by atoms with Crippen LogP contribution >= 0.6 is 0 Å². The normalized spacial score (nSPS) is 4.50. The molecule has 0 aliphatic rings. The van der Waals surface area contributed by atoms with Crippen LogP contribution in [0, 0.1) is 0 Å². The number of rotatable bonds is 0. The van der Waals surface area contributed by atoms with Gasteiger partial charge in [-0.15, -0.1) is 0 Å². The Morgan fingerprint density at radius 1 is 1.25 bits per heavy atom. The Bertz CT molecular complexity index is 6.00. The van der Waals surface area contributed by atoms with Gasteiger partial charge in [0.1, 0.15) is 0 Å². The van der Waals surface area contributed by atoms with E-state index in [9.17, 15) is 0 Å². The van der Waals surface area contributed by atoms with Crippen molar-refractivity contribution in [3.8, 4) is 0 Å². The van der Waals surface area contributed by atoms with Gasteiger partial charge in [0.05, 0.1) is 0 Å². The van der Waals surface area contributed by atoms with E-state index in [4.69, 9.17) is 9.05 Å². The third-order valence-electron chi connectivity index (χ3n) is 0. The summed E-state index contributed by atoms with van der Waals surface area (Å²) in [4.78, 5) is 0. The van der Waals surface area contributed by atoms with Gasteiger partial charge in [0.25, 0.3) is 0 Å². The molecule has 0 radical (unpaired) electrons. The molecule has 0 N–H and O–H groups in total. The summed E-state index contributed by atoms with van der Waals surface area (Å²) in [6.45, 7) is 0. The summed E-state index contributed by atoms with van der Waals surface area (Å²) in [5.74, 6) is 0. The van der Waals surface area contributed by atoms with Crippen molar-refractivity contribution in [1.82, 2.24) is 0 Å². The van der Waals surface area contributed by atoms with Crippen LogP contribution in [0.2, 0.25) is 0 Å². The van der Waals surface area contributed by atoms with Crippen LogP contribution in [-0.2, 0) is 5.15 Å². The van der Waals surface area contributed by atoms with Crippen molar-refractivity contribution < 1.29 is 14.2 Å². The molecule has 28 valence electrons. The first-order chi connectivity index (χ1) is 1.41. The van der Waals surface area contributed by atoms with Gasteiger partial charge in [-0.25, -0.2) is 0 Å². The molecule has 0 unspecified atom stereocenters. The van der Waals surface area contributed by atoms with E-state index in [1.165, 1.54) is 5.15 Å². The summed E-state index contributed by atoms with van der Waals surface area (Å²) in [6, 6.07) is 0. The van der Waals surface area contributed by atoms with E-state index in [1.54, 1.807) is 0 Å². The van der Waals surface area contributed by atoms with Crippen molar-refractivity contribution >= 4 is 17.1 Å². The second kappa shape index (κ2) is 10.2. The minimum atomic E-state index is 0. The van der Waals surface area contributed by atoms with Crippen LogP contribution in [-0.4, -0.2) is 17.1 Å². The molecule has 4 heteroatoms. The molecular weight excluding hydrogens is 133 g/mol. The third-order valence-corrected chi connectivity index (χ3v) is 0. The summed E-state index contributed by atoms with van der Waals surface area (Å²) in [5.41, 5.74) is 0. The van der Waals surface area contributed by atoms with Gasteiger partial charge in [-0.1, -0.05) is 0 Å². The van der Waals surface area contributed by atoms with E-state index in [-0.39, 0.29) is 17.1 Å². The predicted octanol–water partition coefficient (Wildman–Crippen LogP) is -0.144. The minimum absolute atomic E-state index is 0. The molecule has 0 spiro atoms. The Balaban J connectivity index is 0. The van der Waals surface area contributed by atoms with Gasteiger partial charge in [-0.3, -0.25) is 0 Å². The molecule has 0 saturated heterocycles. The molecule has 0 aromatic rings. The second-order valence-electron chi connectivity index (χ2n) is 0.0583. The van der Waals surface area contributed by atoms with E-state index < -0.39 is 0 Å². The van der Waals surface area contributed by atoms with Crippen LogP contribution in [0.4, 0.5) is 9.05 Å². The predicted molar refractivity (Wildman–Crippen MR) is 11.8 cm³/mol. The van der Waals surface area contributed by atoms with E-state index in [0.29, 0.717) is 0 Å². The van der Waals surface area contributed by atoms with Gasteiger partial charge in [0.15, 0.2) is 0 Å². The van der Waals surface area contributed by atoms with Gasteiger partial charge >= 0.3 is 17.1 Å². The standard InChI is InChI=1S/F2O.H2Se/c1-3-2;/h;1H2. The first-order valence-corrected chi connectivity index (χ1v) is 0.309. The zero-order valence-electron chi connectivity index (χ0n) is 1.66. The zero-order valence-corrected chi connectivity index (χ0v) is 3.76. The fourth-order valence-corrected chi connectivity index (χ4v) is 0. The Kier molecular flexibility index (Phi) is 22.5. The summed E-state index contributed by atoms with van der Waals surface area (Å²) in [7, 11) is 0. The van der Waals surface area contributed by atoms with Crippen LogP contribution in [0.15, 0.2) is 0 Å². The molecule has 4 heavy (non-hydrogen) atoms. The van der Waals surface area contributed by atoms with Crippen molar-refractivity contribution in [1.29, 1.82) is 0 Å². The Morgan fingerprint density at radius 3 is 1.25 bits per heavy atom. The summed E-state index contributed by atoms with van der Waals surface area (Å²) >= 11 is 0. The van der Waals surface area contributed by atoms with E-state index in [0.717, 1.165) is 0 Å². The molecule has 0 bridgehead atoms. The third kappa shape index (κ3) is 36.4. The molecule has 0 aromatic carbocycles. The SMILES string of the molecule is FOF.[SeH2]. The van der Waals surface area contributed by atoms with Crippen molar-refractivity contribution in [2.24, 2.45) is 0 Å². The second-order valence-corrected chi connectivity index (χ2v) is 0.0583. The molecule has 0 aliphatic heterocycles. The van der Waals surface area contributed by atoms with Gasteiger partial charge in [0.2, 0.25) is 0 Å². The van der Waals surface area contributed by atoms with Crippen molar-refractivity contribution in [3.05, 3.63) is 0 Å². The molecule has 0 heterocycles. The fraction of sp³-hybridized carbons (Fsp3) is 0. The molecule has 0 fully saturated rings. The molecule has 0 atom stereocenters. The van der Waals surface area contributed by atoms with Crippen LogP contribution in [0.1, 0.15) is 0 Å². The van der Waals surface area contributed by atoms with Gasteiger partial charge in [-0.2, -0.15) is 0 Å². The quantitative estimate of drug-likeness (QED) is 0.420. The van der Waals surface area contributed by atoms with Crippen LogP contribution < -0.4 is 0 Å². The van der Waals surface area contributed by atoms with Crippen LogP contribution in [0.5, 0.6) is 0 Å². The molecule has 0 aromatic heterocycles. The average molecular weight is 135 g/mol. The van der Waals surface area contributed by atoms with Crippen molar-refractivity contribution in [2.75, 3.05) is 0 Å². The maximum absolute atomic E-state index is 9.12. The molecule has 0 aliphatic carbocycles. The number of hydrogen-bond donors (Lipinski definition) is 0. The average Bonchev–Trinajstić information content (AvgIpc) is 0.918. The number of hydrogen-bond acceptors (Lipinski definition) is 1. The van der Waals surface area contributed by atoms with E-state index in [1.807, 2.05) is 0 Å². The summed E-state index contributed by atoms with van der Waals surface area (Å²) in [5, 5.41) is 1.25. The van der Waals surface area contributed by atoms with Crippen LogP contribution in [0.25, 0.3) is 0 Å². The first kappa shape index (κ1) is 8.84. The Labute approximate surface area is 32.2 Å². The molecular formula is H2F2OSe. The Morgan fingerprint density at radius 2 is 1.25 bits per heavy atom. The van der Waals surface area contributed by atoms with Crippen molar-refractivity contribution in [2.45, 2.75) is 0 Å². The topological polar surface area (TPSA) is 9.23 Å². The van der Waals surface area contributed by atoms with Crippen LogP contribution in [0.3, 0.4) is 0 Å². The fourth-order valence-electron chi connectivity index (χ4n) is 0. The maximum atomic E-state index is 9.12. The molecule has 0 amide bonds. The summed E-state index contributed by atoms with van der Waals surface area (Å²) in [6.07, 6.45) is 0. The van der Waals surface area contributed by atoms with E-state index in [2.05, 4.69) is 0 Å². The Hall–Kier alpha value is 0.339. The first-order valence-electron chi connectivity index (χ1n) is 0.309.